The largest absolute Gasteiger partial charge is 0.497 e. The molecule has 0 bridgehead atoms. The summed E-state index contributed by atoms with van der Waals surface area (Å²) in [6.45, 7) is 0.939. The average molecular weight is 565 g/mol. The van der Waals surface area contributed by atoms with E-state index < -0.39 is 15.9 Å². The van der Waals surface area contributed by atoms with Crippen LogP contribution >= 0.6 is 11.3 Å². The molecule has 2 heterocycles. The summed E-state index contributed by atoms with van der Waals surface area (Å²) < 4.78 is 39.2. The van der Waals surface area contributed by atoms with E-state index in [2.05, 4.69) is 10.1 Å². The number of nitrogens with zero attached hydrogens (tertiary/aromatic N) is 4. The van der Waals surface area contributed by atoms with Crippen LogP contribution in [0.5, 0.6) is 5.75 Å². The Balaban J connectivity index is 1.43. The van der Waals surface area contributed by atoms with Crippen LogP contribution in [0.2, 0.25) is 0 Å². The van der Waals surface area contributed by atoms with Gasteiger partial charge in [-0.3, -0.25) is 4.79 Å². The fourth-order valence-corrected chi connectivity index (χ4v) is 6.36. The fraction of sp³-hybridized carbons (Fsp3) is 0.250. The minimum atomic E-state index is -3.73. The van der Waals surface area contributed by atoms with E-state index in [1.807, 2.05) is 42.5 Å². The van der Waals surface area contributed by atoms with Crippen molar-refractivity contribution in [2.24, 2.45) is 5.10 Å². The second-order valence-corrected chi connectivity index (χ2v) is 12.1. The van der Waals surface area contributed by atoms with Crippen molar-refractivity contribution in [3.8, 4) is 5.75 Å². The Morgan fingerprint density at radius 3 is 2.62 bits per heavy atom. The SMILES string of the molecule is COc1ccc2nc(N(/N=C/c3ccccc3)C(=O)c3ccc(S(=O)(=O)N(C)CC4CCCO4)cc3)sc2c1. The molecule has 3 aromatic carbocycles. The van der Waals surface area contributed by atoms with Gasteiger partial charge in [0.1, 0.15) is 5.75 Å². The molecule has 39 heavy (non-hydrogen) atoms. The zero-order valence-corrected chi connectivity index (χ0v) is 23.2. The standard InChI is InChI=1S/C28H28N4O5S2/c1-31(19-23-9-6-16-37-23)39(34,35)24-13-10-21(11-14-24)27(33)32(29-18-20-7-4-3-5-8-20)28-30-25-15-12-22(36-2)17-26(25)38-28/h3-5,7-8,10-15,17-18,23H,6,9,16,19H2,1-2H3/b29-18+. The summed E-state index contributed by atoms with van der Waals surface area (Å²) in [6.07, 6.45) is 3.26. The van der Waals surface area contributed by atoms with E-state index in [9.17, 15) is 13.2 Å². The van der Waals surface area contributed by atoms with Crippen molar-refractivity contribution in [3.63, 3.8) is 0 Å². The third-order valence-corrected chi connectivity index (χ3v) is 9.21. The molecule has 1 aliphatic heterocycles. The molecule has 1 saturated heterocycles. The van der Waals surface area contributed by atoms with Crippen LogP contribution in [-0.4, -0.2) is 63.2 Å². The molecule has 1 amide bonds. The van der Waals surface area contributed by atoms with E-state index in [0.29, 0.717) is 23.0 Å². The summed E-state index contributed by atoms with van der Waals surface area (Å²) in [7, 11) is -0.604. The number of fused-ring (bicyclic) bond motifs is 1. The predicted molar refractivity (Wildman–Crippen MR) is 152 cm³/mol. The van der Waals surface area contributed by atoms with Gasteiger partial charge >= 0.3 is 0 Å². The van der Waals surface area contributed by atoms with E-state index in [1.54, 1.807) is 19.4 Å². The molecular formula is C28H28N4O5S2. The van der Waals surface area contributed by atoms with Gasteiger partial charge in [-0.1, -0.05) is 41.7 Å². The van der Waals surface area contributed by atoms with Crippen molar-refractivity contribution in [3.05, 3.63) is 83.9 Å². The van der Waals surface area contributed by atoms with E-state index in [-0.39, 0.29) is 23.1 Å². The smallest absolute Gasteiger partial charge is 0.280 e. The molecular weight excluding hydrogens is 536 g/mol. The highest BCUT2D eigenvalue weighted by Crippen LogP contribution is 2.32. The van der Waals surface area contributed by atoms with Crippen LogP contribution in [0.15, 0.2) is 82.8 Å². The second-order valence-electron chi connectivity index (χ2n) is 9.05. The van der Waals surface area contributed by atoms with Gasteiger partial charge in [0, 0.05) is 25.8 Å². The number of carbonyl (C=O) groups excluding carboxylic acids is 1. The van der Waals surface area contributed by atoms with Crippen LogP contribution in [0, 0.1) is 0 Å². The third-order valence-electron chi connectivity index (χ3n) is 6.37. The second kappa shape index (κ2) is 11.6. The molecule has 0 saturated carbocycles. The molecule has 1 aromatic heterocycles. The maximum Gasteiger partial charge on any atom is 0.280 e. The summed E-state index contributed by atoms with van der Waals surface area (Å²) in [5.41, 5.74) is 1.80. The Labute approximate surface area is 231 Å². The Morgan fingerprint density at radius 1 is 1.15 bits per heavy atom. The molecule has 0 aliphatic carbocycles. The van der Waals surface area contributed by atoms with Gasteiger partial charge in [0.05, 0.1) is 34.5 Å². The lowest BCUT2D eigenvalue weighted by molar-refractivity contribution is 0.0978. The van der Waals surface area contributed by atoms with Gasteiger partial charge in [-0.2, -0.15) is 14.4 Å². The first kappa shape index (κ1) is 26.9. The average Bonchev–Trinajstić information content (AvgIpc) is 3.63. The Kier molecular flexibility index (Phi) is 8.03. The highest BCUT2D eigenvalue weighted by atomic mass is 32.2. The number of benzene rings is 3. The van der Waals surface area contributed by atoms with Crippen molar-refractivity contribution in [1.82, 2.24) is 9.29 Å². The van der Waals surface area contributed by atoms with Gasteiger partial charge in [-0.05, 0) is 60.9 Å². The predicted octanol–water partition coefficient (Wildman–Crippen LogP) is 4.79. The molecule has 0 radical (unpaired) electrons. The number of hydrogen-bond acceptors (Lipinski definition) is 8. The number of sulfonamides is 1. The number of hydrogen-bond donors (Lipinski definition) is 0. The fourth-order valence-electron chi connectivity index (χ4n) is 4.21. The number of ether oxygens (including phenoxy) is 2. The third kappa shape index (κ3) is 6.01. The first-order chi connectivity index (χ1) is 18.8. The van der Waals surface area contributed by atoms with Crippen LogP contribution in [0.25, 0.3) is 10.2 Å². The van der Waals surface area contributed by atoms with Gasteiger partial charge < -0.3 is 9.47 Å². The highest BCUT2D eigenvalue weighted by molar-refractivity contribution is 7.89. The minimum Gasteiger partial charge on any atom is -0.497 e. The van der Waals surface area contributed by atoms with Gasteiger partial charge in [0.15, 0.2) is 0 Å². The van der Waals surface area contributed by atoms with Gasteiger partial charge in [0.25, 0.3) is 5.91 Å². The zero-order valence-electron chi connectivity index (χ0n) is 21.6. The Morgan fingerprint density at radius 2 is 1.92 bits per heavy atom. The lowest BCUT2D eigenvalue weighted by Gasteiger charge is -2.20. The number of hydrazone groups is 1. The maximum atomic E-state index is 13.7. The summed E-state index contributed by atoms with van der Waals surface area (Å²) in [4.78, 5) is 18.4. The first-order valence-electron chi connectivity index (χ1n) is 12.4. The molecule has 5 rings (SSSR count). The van der Waals surface area contributed by atoms with E-state index in [4.69, 9.17) is 9.47 Å². The number of likely N-dealkylation sites (N-methyl/N-ethyl adjacent to an activating group) is 1. The number of anilines is 1. The number of thiazole rings is 1. The number of aromatic nitrogens is 1. The topological polar surface area (TPSA) is 101 Å². The highest BCUT2D eigenvalue weighted by Gasteiger charge is 2.27. The quantitative estimate of drug-likeness (QED) is 0.214. The Hall–Kier alpha value is -3.64. The van der Waals surface area contributed by atoms with Gasteiger partial charge in [-0.25, -0.2) is 13.4 Å². The van der Waals surface area contributed by atoms with Gasteiger partial charge in [-0.15, -0.1) is 0 Å². The van der Waals surface area contributed by atoms with E-state index in [1.165, 1.54) is 52.0 Å². The molecule has 1 atom stereocenters. The Bertz CT molecular complexity index is 1580. The van der Waals surface area contributed by atoms with Crippen molar-refractivity contribution < 1.29 is 22.7 Å². The summed E-state index contributed by atoms with van der Waals surface area (Å²) in [6, 6.07) is 20.8. The summed E-state index contributed by atoms with van der Waals surface area (Å²) in [5.74, 6) is 0.245. The van der Waals surface area contributed by atoms with Crippen LogP contribution < -0.4 is 9.75 Å². The minimum absolute atomic E-state index is 0.101. The first-order valence-corrected chi connectivity index (χ1v) is 14.7. The molecule has 1 aliphatic rings. The number of amides is 1. The molecule has 9 nitrogen and oxygen atoms in total. The summed E-state index contributed by atoms with van der Waals surface area (Å²) in [5, 5.41) is 6.08. The van der Waals surface area contributed by atoms with E-state index in [0.717, 1.165) is 23.1 Å². The molecule has 1 fully saturated rings. The van der Waals surface area contributed by atoms with Crippen molar-refractivity contribution in [2.75, 3.05) is 32.3 Å². The van der Waals surface area contributed by atoms with Crippen LogP contribution in [-0.2, 0) is 14.8 Å². The number of carbonyl (C=O) groups is 1. The molecule has 11 heteroatoms. The number of rotatable bonds is 9. The van der Waals surface area contributed by atoms with Crippen LogP contribution in [0.4, 0.5) is 5.13 Å². The molecule has 4 aromatic rings. The molecule has 1 unspecified atom stereocenters. The van der Waals surface area contributed by atoms with Crippen LogP contribution in [0.1, 0.15) is 28.8 Å². The molecule has 0 N–H and O–H groups in total. The number of methoxy groups -OCH3 is 1. The molecule has 202 valence electrons. The van der Waals surface area contributed by atoms with Crippen LogP contribution in [0.3, 0.4) is 0 Å². The van der Waals surface area contributed by atoms with Crippen molar-refractivity contribution >= 4 is 48.8 Å². The van der Waals surface area contributed by atoms with Crippen molar-refractivity contribution in [1.29, 1.82) is 0 Å². The monoisotopic (exact) mass is 564 g/mol. The van der Waals surface area contributed by atoms with E-state index >= 15 is 0 Å². The van der Waals surface area contributed by atoms with Gasteiger partial charge in [0.2, 0.25) is 15.2 Å². The zero-order chi connectivity index (χ0) is 27.4. The lowest BCUT2D eigenvalue weighted by atomic mass is 10.2. The normalized spacial score (nSPS) is 15.8. The molecule has 0 spiro atoms. The summed E-state index contributed by atoms with van der Waals surface area (Å²) >= 11 is 1.31. The van der Waals surface area contributed by atoms with Crippen molar-refractivity contribution in [2.45, 2.75) is 23.8 Å². The maximum absolute atomic E-state index is 13.7. The lowest BCUT2D eigenvalue weighted by Crippen LogP contribution is -2.34.